The lowest BCUT2D eigenvalue weighted by Gasteiger charge is -2.45. The maximum atomic E-state index is 12.3. The van der Waals surface area contributed by atoms with Crippen LogP contribution < -0.4 is 0 Å². The van der Waals surface area contributed by atoms with Gasteiger partial charge in [0.15, 0.2) is 0 Å². The van der Waals surface area contributed by atoms with Gasteiger partial charge in [-0.1, -0.05) is 94.8 Å². The number of allylic oxidation sites excluding steroid dienone is 2. The Hall–Kier alpha value is -2.46. The predicted molar refractivity (Wildman–Crippen MR) is 119 cm³/mol. The van der Waals surface area contributed by atoms with Gasteiger partial charge in [0.05, 0.1) is 0 Å². The number of aliphatic hydroxyl groups is 2. The highest BCUT2D eigenvalue weighted by Gasteiger charge is 2.51. The van der Waals surface area contributed by atoms with Crippen LogP contribution in [0.3, 0.4) is 0 Å². The zero-order valence-corrected chi connectivity index (χ0v) is 17.4. The van der Waals surface area contributed by atoms with Crippen molar-refractivity contribution in [3.63, 3.8) is 0 Å². The third-order valence-corrected chi connectivity index (χ3v) is 6.57. The highest BCUT2D eigenvalue weighted by atomic mass is 79.9. The van der Waals surface area contributed by atoms with E-state index in [-0.39, 0.29) is 0 Å². The van der Waals surface area contributed by atoms with Gasteiger partial charge in [0.2, 0.25) is 0 Å². The van der Waals surface area contributed by atoms with Gasteiger partial charge in [-0.2, -0.15) is 0 Å². The minimum absolute atomic E-state index is 0.702. The molecule has 0 saturated heterocycles. The van der Waals surface area contributed by atoms with Gasteiger partial charge in [0.1, 0.15) is 11.2 Å². The summed E-state index contributed by atoms with van der Waals surface area (Å²) in [7, 11) is 0. The van der Waals surface area contributed by atoms with E-state index in [0.29, 0.717) is 16.7 Å². The molecule has 3 heteroatoms. The van der Waals surface area contributed by atoms with E-state index >= 15 is 0 Å². The number of fused-ring (bicyclic) bond motifs is 2. The Balaban J connectivity index is 1.90. The molecule has 3 aromatic carbocycles. The standard InChI is InChI=1S/C26H21BrO2/c27-20-15-16-23-24(17-20)26(29,19-11-5-2-6-12-19)22-14-8-7-13-21(22)25(23,28)18-9-3-1-4-10-18/h1,3-5,7-17,28-29H,2,6H2. The van der Waals surface area contributed by atoms with Crippen molar-refractivity contribution in [1.29, 1.82) is 0 Å². The second-order valence-corrected chi connectivity index (χ2v) is 8.58. The van der Waals surface area contributed by atoms with Gasteiger partial charge in [-0.3, -0.25) is 0 Å². The van der Waals surface area contributed by atoms with E-state index in [0.717, 1.165) is 34.0 Å². The molecule has 2 unspecified atom stereocenters. The molecule has 144 valence electrons. The summed E-state index contributed by atoms with van der Waals surface area (Å²) < 4.78 is 0.866. The third kappa shape index (κ3) is 2.62. The van der Waals surface area contributed by atoms with Crippen molar-refractivity contribution in [1.82, 2.24) is 0 Å². The minimum atomic E-state index is -1.35. The van der Waals surface area contributed by atoms with Crippen molar-refractivity contribution >= 4 is 15.9 Å². The zero-order valence-electron chi connectivity index (χ0n) is 15.8. The number of benzene rings is 3. The van der Waals surface area contributed by atoms with Crippen molar-refractivity contribution in [2.24, 2.45) is 0 Å². The van der Waals surface area contributed by atoms with Crippen LogP contribution in [0.1, 0.15) is 40.7 Å². The summed E-state index contributed by atoms with van der Waals surface area (Å²) in [4.78, 5) is 0. The fraction of sp³-hybridized carbons (Fsp3) is 0.154. The topological polar surface area (TPSA) is 40.5 Å². The predicted octanol–water partition coefficient (Wildman–Crippen LogP) is 5.56. The molecule has 0 aliphatic heterocycles. The van der Waals surface area contributed by atoms with E-state index in [2.05, 4.69) is 28.1 Å². The molecule has 0 aromatic heterocycles. The van der Waals surface area contributed by atoms with Gasteiger partial charge in [-0.05, 0) is 52.8 Å². The first-order valence-corrected chi connectivity index (χ1v) is 10.6. The summed E-state index contributed by atoms with van der Waals surface area (Å²) in [5, 5.41) is 24.5. The maximum absolute atomic E-state index is 12.3. The normalized spacial score (nSPS) is 25.1. The second-order valence-electron chi connectivity index (χ2n) is 7.66. The van der Waals surface area contributed by atoms with Crippen molar-refractivity contribution in [2.45, 2.75) is 24.0 Å². The van der Waals surface area contributed by atoms with Crippen LogP contribution >= 0.6 is 15.9 Å². The fourth-order valence-electron chi connectivity index (χ4n) is 4.72. The average Bonchev–Trinajstić information content (AvgIpc) is 2.78. The van der Waals surface area contributed by atoms with Crippen LogP contribution in [0.5, 0.6) is 0 Å². The Bertz CT molecular complexity index is 1150. The highest BCUT2D eigenvalue weighted by molar-refractivity contribution is 9.10. The lowest BCUT2D eigenvalue weighted by Crippen LogP contribution is -2.44. The quantitative estimate of drug-likeness (QED) is 0.543. The van der Waals surface area contributed by atoms with Crippen LogP contribution in [-0.2, 0) is 11.2 Å². The summed E-state index contributed by atoms with van der Waals surface area (Å²) in [5.74, 6) is 0. The number of rotatable bonds is 2. The van der Waals surface area contributed by atoms with Crippen LogP contribution in [0, 0.1) is 0 Å². The lowest BCUT2D eigenvalue weighted by molar-refractivity contribution is 0.0740. The van der Waals surface area contributed by atoms with E-state index in [1.165, 1.54) is 0 Å². The second kappa shape index (κ2) is 6.81. The maximum Gasteiger partial charge on any atom is 0.141 e. The summed E-state index contributed by atoms with van der Waals surface area (Å²) in [6.07, 6.45) is 8.08. The highest BCUT2D eigenvalue weighted by Crippen LogP contribution is 2.54. The van der Waals surface area contributed by atoms with Gasteiger partial charge < -0.3 is 10.2 Å². The van der Waals surface area contributed by atoms with Gasteiger partial charge in [0, 0.05) is 10.0 Å². The molecule has 0 amide bonds. The van der Waals surface area contributed by atoms with Crippen molar-refractivity contribution in [2.75, 3.05) is 0 Å². The lowest BCUT2D eigenvalue weighted by atomic mass is 9.63. The monoisotopic (exact) mass is 444 g/mol. The molecule has 0 radical (unpaired) electrons. The molecular formula is C26H21BrO2. The Morgan fingerprint density at radius 2 is 1.34 bits per heavy atom. The van der Waals surface area contributed by atoms with Gasteiger partial charge >= 0.3 is 0 Å². The summed E-state index contributed by atoms with van der Waals surface area (Å²) in [6, 6.07) is 23.1. The van der Waals surface area contributed by atoms with Crippen LogP contribution in [0.15, 0.2) is 101 Å². The Morgan fingerprint density at radius 3 is 2.03 bits per heavy atom. The van der Waals surface area contributed by atoms with E-state index in [9.17, 15) is 10.2 Å². The van der Waals surface area contributed by atoms with Gasteiger partial charge in [0.25, 0.3) is 0 Å². The average molecular weight is 445 g/mol. The van der Waals surface area contributed by atoms with E-state index in [1.807, 2.05) is 78.9 Å². The van der Waals surface area contributed by atoms with Crippen molar-refractivity contribution in [3.05, 3.63) is 129 Å². The molecule has 5 rings (SSSR count). The number of hydrogen-bond acceptors (Lipinski definition) is 2. The SMILES string of the molecule is OC1(C2=CCCC=C2)c2ccccc2C(O)(c2ccccc2)c2ccc(Br)cc21. The first-order valence-electron chi connectivity index (χ1n) is 9.84. The molecule has 0 bridgehead atoms. The van der Waals surface area contributed by atoms with Gasteiger partial charge in [-0.25, -0.2) is 0 Å². The minimum Gasteiger partial charge on any atom is -0.376 e. The van der Waals surface area contributed by atoms with Crippen LogP contribution in [-0.4, -0.2) is 10.2 Å². The van der Waals surface area contributed by atoms with Crippen LogP contribution in [0.2, 0.25) is 0 Å². The summed E-state index contributed by atoms with van der Waals surface area (Å²) >= 11 is 3.57. The molecular weight excluding hydrogens is 424 g/mol. The van der Waals surface area contributed by atoms with Crippen LogP contribution in [0.25, 0.3) is 0 Å². The molecule has 0 spiro atoms. The van der Waals surface area contributed by atoms with Gasteiger partial charge in [-0.15, -0.1) is 0 Å². The fourth-order valence-corrected chi connectivity index (χ4v) is 5.08. The first kappa shape index (κ1) is 18.6. The molecule has 2 nitrogen and oxygen atoms in total. The molecule has 0 saturated carbocycles. The van der Waals surface area contributed by atoms with E-state index < -0.39 is 11.2 Å². The number of halogens is 1. The third-order valence-electron chi connectivity index (χ3n) is 6.07. The van der Waals surface area contributed by atoms with Crippen molar-refractivity contribution in [3.8, 4) is 0 Å². The Labute approximate surface area is 179 Å². The molecule has 3 aromatic rings. The summed E-state index contributed by atoms with van der Waals surface area (Å²) in [6.45, 7) is 0. The van der Waals surface area contributed by atoms with E-state index in [4.69, 9.17) is 0 Å². The Kier molecular flexibility index (Phi) is 4.36. The molecule has 29 heavy (non-hydrogen) atoms. The molecule has 2 N–H and O–H groups in total. The number of hydrogen-bond donors (Lipinski definition) is 2. The molecule has 2 aliphatic rings. The summed E-state index contributed by atoms with van der Waals surface area (Å²) in [5.41, 5.74) is 1.80. The van der Waals surface area contributed by atoms with Crippen molar-refractivity contribution < 1.29 is 10.2 Å². The molecule has 2 aliphatic carbocycles. The van der Waals surface area contributed by atoms with Crippen LogP contribution in [0.4, 0.5) is 0 Å². The Morgan fingerprint density at radius 1 is 0.690 bits per heavy atom. The molecule has 0 heterocycles. The molecule has 2 atom stereocenters. The zero-order chi connectivity index (χ0) is 20.1. The molecule has 0 fully saturated rings. The largest absolute Gasteiger partial charge is 0.376 e. The van der Waals surface area contributed by atoms with E-state index in [1.54, 1.807) is 0 Å². The first-order chi connectivity index (χ1) is 14.1. The smallest absolute Gasteiger partial charge is 0.141 e.